The van der Waals surface area contributed by atoms with E-state index in [0.29, 0.717) is 0 Å². The van der Waals surface area contributed by atoms with Gasteiger partial charge in [0, 0.05) is 4.91 Å². The molecule has 0 saturated carbocycles. The standard InChI is InChI=1S/C9H17N3O3S/c1-3-16-9-7(11-12-10)5(2)8(14)6(4-13)15-9/h5-9,13-14H,3-4H2,1-2H3/t5-,6?,7?,8+,9+/m1/s1. The Hall–Kier alpha value is -0.460. The number of thioether (sulfide) groups is 1. The van der Waals surface area contributed by atoms with Crippen molar-refractivity contribution in [3.63, 3.8) is 0 Å². The molecule has 2 N–H and O–H groups in total. The molecular weight excluding hydrogens is 230 g/mol. The molecule has 0 aromatic heterocycles. The number of nitrogens with zero attached hydrogens (tertiary/aromatic N) is 3. The molecule has 6 nitrogen and oxygen atoms in total. The minimum absolute atomic E-state index is 0.217. The number of aliphatic hydroxyl groups is 2. The van der Waals surface area contributed by atoms with Gasteiger partial charge >= 0.3 is 0 Å². The predicted molar refractivity (Wildman–Crippen MR) is 62.0 cm³/mol. The highest BCUT2D eigenvalue weighted by Gasteiger charge is 2.42. The van der Waals surface area contributed by atoms with E-state index in [1.54, 1.807) is 6.92 Å². The summed E-state index contributed by atoms with van der Waals surface area (Å²) in [6.07, 6.45) is -1.39. The van der Waals surface area contributed by atoms with Crippen molar-refractivity contribution in [2.75, 3.05) is 12.4 Å². The lowest BCUT2D eigenvalue weighted by Crippen LogP contribution is -2.52. The highest BCUT2D eigenvalue weighted by Crippen LogP contribution is 2.33. The Labute approximate surface area is 98.6 Å². The van der Waals surface area contributed by atoms with E-state index >= 15 is 0 Å². The predicted octanol–water partition coefficient (Wildman–Crippen LogP) is 1.13. The topological polar surface area (TPSA) is 98.5 Å². The van der Waals surface area contributed by atoms with Crippen molar-refractivity contribution < 1.29 is 14.9 Å². The van der Waals surface area contributed by atoms with Gasteiger partial charge in [0.05, 0.1) is 18.8 Å². The smallest absolute Gasteiger partial charge is 0.112 e. The Kier molecular flexibility index (Phi) is 5.37. The molecule has 1 rings (SSSR count). The molecule has 0 amide bonds. The summed E-state index contributed by atoms with van der Waals surface area (Å²) < 4.78 is 5.52. The average Bonchev–Trinajstić information content (AvgIpc) is 2.28. The van der Waals surface area contributed by atoms with Gasteiger partial charge in [0.2, 0.25) is 0 Å². The Bertz CT molecular complexity index is 273. The van der Waals surface area contributed by atoms with Gasteiger partial charge < -0.3 is 14.9 Å². The third-order valence-electron chi connectivity index (χ3n) is 2.74. The first-order valence-corrected chi connectivity index (χ1v) is 6.30. The molecule has 0 aromatic carbocycles. The fourth-order valence-corrected chi connectivity index (χ4v) is 2.84. The lowest BCUT2D eigenvalue weighted by atomic mass is 9.90. The molecule has 0 aromatic rings. The SMILES string of the molecule is CCS[C@@H]1OC(CO)[C@@H](O)[C@H](C)C1N=[N+]=[N-]. The maximum absolute atomic E-state index is 9.84. The van der Waals surface area contributed by atoms with Crippen LogP contribution in [0.2, 0.25) is 0 Å². The maximum Gasteiger partial charge on any atom is 0.112 e. The van der Waals surface area contributed by atoms with E-state index in [2.05, 4.69) is 10.0 Å². The van der Waals surface area contributed by atoms with Crippen molar-refractivity contribution in [1.29, 1.82) is 0 Å². The zero-order chi connectivity index (χ0) is 12.1. The van der Waals surface area contributed by atoms with Gasteiger partial charge in [-0.05, 0) is 17.2 Å². The molecule has 0 bridgehead atoms. The molecule has 92 valence electrons. The van der Waals surface area contributed by atoms with Crippen LogP contribution in [0.25, 0.3) is 10.4 Å². The summed E-state index contributed by atoms with van der Waals surface area (Å²) in [7, 11) is 0. The van der Waals surface area contributed by atoms with Crippen molar-refractivity contribution in [3.8, 4) is 0 Å². The van der Waals surface area contributed by atoms with Gasteiger partial charge in [-0.2, -0.15) is 0 Å². The quantitative estimate of drug-likeness (QED) is 0.442. The Morgan fingerprint density at radius 3 is 2.75 bits per heavy atom. The first-order chi connectivity index (χ1) is 7.65. The van der Waals surface area contributed by atoms with E-state index < -0.39 is 18.2 Å². The summed E-state index contributed by atoms with van der Waals surface area (Å²) >= 11 is 1.52. The largest absolute Gasteiger partial charge is 0.394 e. The van der Waals surface area contributed by atoms with Gasteiger partial charge in [-0.3, -0.25) is 0 Å². The second kappa shape index (κ2) is 6.32. The summed E-state index contributed by atoms with van der Waals surface area (Å²) in [5.41, 5.74) is 8.20. The number of hydrogen-bond donors (Lipinski definition) is 2. The molecule has 1 saturated heterocycles. The summed E-state index contributed by atoms with van der Waals surface area (Å²) in [4.78, 5) is 2.79. The molecule has 5 atom stereocenters. The van der Waals surface area contributed by atoms with E-state index in [1.807, 2.05) is 6.92 Å². The lowest BCUT2D eigenvalue weighted by Gasteiger charge is -2.41. The maximum atomic E-state index is 9.84. The molecule has 0 spiro atoms. The normalized spacial score (nSPS) is 39.1. The third kappa shape index (κ3) is 2.81. The van der Waals surface area contributed by atoms with E-state index in [0.717, 1.165) is 5.75 Å². The van der Waals surface area contributed by atoms with Crippen LogP contribution in [0, 0.1) is 5.92 Å². The molecule has 7 heteroatoms. The minimum atomic E-state index is -0.797. The van der Waals surface area contributed by atoms with Crippen molar-refractivity contribution in [2.24, 2.45) is 11.0 Å². The molecule has 0 aliphatic carbocycles. The highest BCUT2D eigenvalue weighted by molar-refractivity contribution is 7.99. The van der Waals surface area contributed by atoms with Gasteiger partial charge in [0.1, 0.15) is 11.5 Å². The van der Waals surface area contributed by atoms with Crippen LogP contribution in [0.5, 0.6) is 0 Å². The third-order valence-corrected chi connectivity index (χ3v) is 3.79. The van der Waals surface area contributed by atoms with E-state index in [-0.39, 0.29) is 18.0 Å². The minimum Gasteiger partial charge on any atom is -0.394 e. The van der Waals surface area contributed by atoms with Crippen LogP contribution in [0.3, 0.4) is 0 Å². The first-order valence-electron chi connectivity index (χ1n) is 5.25. The van der Waals surface area contributed by atoms with Crippen LogP contribution in [0.15, 0.2) is 5.11 Å². The van der Waals surface area contributed by atoms with Crippen molar-refractivity contribution in [1.82, 2.24) is 0 Å². The van der Waals surface area contributed by atoms with E-state index in [1.165, 1.54) is 11.8 Å². The molecule has 1 fully saturated rings. The van der Waals surface area contributed by atoms with Crippen LogP contribution in [0.1, 0.15) is 13.8 Å². The van der Waals surface area contributed by atoms with E-state index in [4.69, 9.17) is 15.4 Å². The van der Waals surface area contributed by atoms with Gasteiger partial charge in [-0.15, -0.1) is 11.8 Å². The summed E-state index contributed by atoms with van der Waals surface area (Å²) in [6.45, 7) is 3.55. The Balaban J connectivity index is 2.83. The first kappa shape index (κ1) is 13.6. The van der Waals surface area contributed by atoms with Crippen LogP contribution >= 0.6 is 11.8 Å². The molecule has 16 heavy (non-hydrogen) atoms. The van der Waals surface area contributed by atoms with Gasteiger partial charge in [-0.25, -0.2) is 0 Å². The van der Waals surface area contributed by atoms with Gasteiger partial charge in [0.25, 0.3) is 0 Å². The van der Waals surface area contributed by atoms with Crippen LogP contribution in [0.4, 0.5) is 0 Å². The fourth-order valence-electron chi connectivity index (χ4n) is 1.79. The van der Waals surface area contributed by atoms with Gasteiger partial charge in [0.15, 0.2) is 0 Å². The molecule has 2 unspecified atom stereocenters. The second-order valence-corrected chi connectivity index (χ2v) is 5.10. The molecule has 1 aliphatic heterocycles. The highest BCUT2D eigenvalue weighted by atomic mass is 32.2. The number of rotatable bonds is 4. The summed E-state index contributed by atoms with van der Waals surface area (Å²) in [6, 6.07) is -0.396. The number of ether oxygens (including phenoxy) is 1. The van der Waals surface area contributed by atoms with Crippen LogP contribution in [-0.4, -0.2) is 46.3 Å². The van der Waals surface area contributed by atoms with Crippen LogP contribution in [-0.2, 0) is 4.74 Å². The molecule has 0 radical (unpaired) electrons. The second-order valence-electron chi connectivity index (χ2n) is 3.73. The average molecular weight is 247 g/mol. The number of azide groups is 1. The van der Waals surface area contributed by atoms with Crippen molar-refractivity contribution >= 4 is 11.8 Å². The molecular formula is C9H17N3O3S. The lowest BCUT2D eigenvalue weighted by molar-refractivity contribution is -0.137. The van der Waals surface area contributed by atoms with Crippen molar-refractivity contribution in [2.45, 2.75) is 37.5 Å². The van der Waals surface area contributed by atoms with Gasteiger partial charge in [-0.1, -0.05) is 19.0 Å². The molecule has 1 aliphatic rings. The Morgan fingerprint density at radius 1 is 1.56 bits per heavy atom. The van der Waals surface area contributed by atoms with Crippen molar-refractivity contribution in [3.05, 3.63) is 10.4 Å². The monoisotopic (exact) mass is 247 g/mol. The zero-order valence-corrected chi connectivity index (χ0v) is 10.2. The zero-order valence-electron chi connectivity index (χ0n) is 9.35. The van der Waals surface area contributed by atoms with Crippen LogP contribution < -0.4 is 0 Å². The summed E-state index contributed by atoms with van der Waals surface area (Å²) in [5, 5.41) is 22.6. The fraction of sp³-hybridized carbons (Fsp3) is 1.00. The molecule has 1 heterocycles. The number of hydrogen-bond acceptors (Lipinski definition) is 5. The Morgan fingerprint density at radius 2 is 2.25 bits per heavy atom. The van der Waals surface area contributed by atoms with E-state index in [9.17, 15) is 5.11 Å². The summed E-state index contributed by atoms with van der Waals surface area (Å²) in [5.74, 6) is 0.606. The number of aliphatic hydroxyl groups excluding tert-OH is 2.